The number of aliphatic hydroxyl groups excluding tert-OH is 1. The number of aliphatic hydroxyl groups is 1. The number of hydrogen-bond donors (Lipinski definition) is 1. The summed E-state index contributed by atoms with van der Waals surface area (Å²) < 4.78 is 5.41. The second-order valence-electron chi connectivity index (χ2n) is 15.3. The highest BCUT2D eigenvalue weighted by atomic mass is 16.5. The van der Waals surface area contributed by atoms with Gasteiger partial charge >= 0.3 is 5.97 Å². The van der Waals surface area contributed by atoms with Crippen molar-refractivity contribution < 1.29 is 14.6 Å². The molecule has 0 amide bonds. The maximum atomic E-state index is 11.9. The van der Waals surface area contributed by atoms with Crippen molar-refractivity contribution in [2.45, 2.75) is 239 Å². The average Bonchev–Trinajstić information content (AvgIpc) is 3.09. The first-order chi connectivity index (χ1) is 23.7. The van der Waals surface area contributed by atoms with Gasteiger partial charge in [0, 0.05) is 19.6 Å². The van der Waals surface area contributed by atoms with Crippen LogP contribution in [0.3, 0.4) is 0 Å². The first kappa shape index (κ1) is 47.4. The largest absolute Gasteiger partial charge is 0.466 e. The molecule has 0 aliphatic rings. The lowest BCUT2D eigenvalue weighted by atomic mass is 9.90. The Balaban J connectivity index is 4.09. The fourth-order valence-corrected chi connectivity index (χ4v) is 7.25. The molecule has 1 N–H and O–H groups in total. The summed E-state index contributed by atoms with van der Waals surface area (Å²) in [6.45, 7) is 11.2. The van der Waals surface area contributed by atoms with Crippen LogP contribution in [-0.4, -0.2) is 48.8 Å². The second-order valence-corrected chi connectivity index (χ2v) is 15.3. The van der Waals surface area contributed by atoms with Crippen molar-refractivity contribution >= 4 is 5.97 Å². The maximum absolute atomic E-state index is 11.9. The number of unbranched alkanes of at least 4 members (excludes halogenated alkanes) is 24. The molecule has 48 heavy (non-hydrogen) atoms. The fourth-order valence-electron chi connectivity index (χ4n) is 7.25. The van der Waals surface area contributed by atoms with Gasteiger partial charge < -0.3 is 14.7 Å². The molecule has 0 fully saturated rings. The van der Waals surface area contributed by atoms with Gasteiger partial charge in [0.2, 0.25) is 0 Å². The Bertz CT molecular complexity index is 612. The molecule has 0 spiro atoms. The zero-order valence-electron chi connectivity index (χ0n) is 33.4. The van der Waals surface area contributed by atoms with Crippen LogP contribution in [0.2, 0.25) is 0 Å². The van der Waals surface area contributed by atoms with E-state index in [4.69, 9.17) is 4.74 Å². The summed E-state index contributed by atoms with van der Waals surface area (Å²) in [5.74, 6) is 0.929. The molecule has 0 aromatic rings. The van der Waals surface area contributed by atoms with Gasteiger partial charge in [0.1, 0.15) is 0 Å². The van der Waals surface area contributed by atoms with Crippen LogP contribution in [-0.2, 0) is 9.53 Å². The molecule has 0 bridgehead atoms. The molecule has 0 radical (unpaired) electrons. The van der Waals surface area contributed by atoms with E-state index < -0.39 is 0 Å². The first-order valence-corrected chi connectivity index (χ1v) is 22.2. The molecule has 288 valence electrons. The lowest BCUT2D eigenvalue weighted by Gasteiger charge is -2.24. The number of hydrogen-bond acceptors (Lipinski definition) is 4. The van der Waals surface area contributed by atoms with Gasteiger partial charge in [0.15, 0.2) is 0 Å². The summed E-state index contributed by atoms with van der Waals surface area (Å²) in [6.07, 6.45) is 44.3. The third kappa shape index (κ3) is 36.7. The standard InChI is InChI=1S/C44H89NO3/c1-4-7-10-13-16-19-23-28-35-43(34-27-22-14-11-8-5-2)36-32-39-45(40-33-41-46)38-30-25-21-18-17-20-24-29-37-44(47)48-42-31-26-15-12-9-6-3/h43,46H,4-42H2,1-3H3. The molecule has 0 rings (SSSR count). The summed E-state index contributed by atoms with van der Waals surface area (Å²) >= 11 is 0. The molecule has 0 aromatic heterocycles. The van der Waals surface area contributed by atoms with Crippen molar-refractivity contribution in [3.63, 3.8) is 0 Å². The Kier molecular flexibility index (Phi) is 40.3. The van der Waals surface area contributed by atoms with Crippen molar-refractivity contribution in [1.29, 1.82) is 0 Å². The lowest BCUT2D eigenvalue weighted by Crippen LogP contribution is -2.28. The molecular weight excluding hydrogens is 590 g/mol. The Morgan fingerprint density at radius 1 is 0.458 bits per heavy atom. The lowest BCUT2D eigenvalue weighted by molar-refractivity contribution is -0.143. The first-order valence-electron chi connectivity index (χ1n) is 22.2. The summed E-state index contributed by atoms with van der Waals surface area (Å²) in [6, 6.07) is 0. The van der Waals surface area contributed by atoms with Crippen molar-refractivity contribution in [3.05, 3.63) is 0 Å². The van der Waals surface area contributed by atoms with E-state index in [-0.39, 0.29) is 5.97 Å². The number of carbonyl (C=O) groups is 1. The maximum Gasteiger partial charge on any atom is 0.305 e. The van der Waals surface area contributed by atoms with Gasteiger partial charge in [0.25, 0.3) is 0 Å². The molecule has 1 atom stereocenters. The van der Waals surface area contributed by atoms with E-state index in [0.717, 1.165) is 38.1 Å². The quantitative estimate of drug-likeness (QED) is 0.0516. The highest BCUT2D eigenvalue weighted by Crippen LogP contribution is 2.24. The third-order valence-corrected chi connectivity index (χ3v) is 10.5. The number of nitrogens with zero attached hydrogens (tertiary/aromatic N) is 1. The van der Waals surface area contributed by atoms with E-state index in [2.05, 4.69) is 25.7 Å². The van der Waals surface area contributed by atoms with Crippen LogP contribution in [0.1, 0.15) is 239 Å². The van der Waals surface area contributed by atoms with Gasteiger partial charge in [-0.2, -0.15) is 0 Å². The van der Waals surface area contributed by atoms with Gasteiger partial charge in [-0.1, -0.05) is 194 Å². The van der Waals surface area contributed by atoms with Gasteiger partial charge in [-0.25, -0.2) is 0 Å². The predicted octanol–water partition coefficient (Wildman–Crippen LogP) is 13.8. The minimum atomic E-state index is 0.00568. The van der Waals surface area contributed by atoms with Crippen LogP contribution in [0.25, 0.3) is 0 Å². The monoisotopic (exact) mass is 680 g/mol. The van der Waals surface area contributed by atoms with Gasteiger partial charge in [-0.05, 0) is 57.5 Å². The molecule has 4 nitrogen and oxygen atoms in total. The molecule has 4 heteroatoms. The fraction of sp³-hybridized carbons (Fsp3) is 0.977. The Morgan fingerprint density at radius 2 is 0.833 bits per heavy atom. The Labute approximate surface area is 302 Å². The van der Waals surface area contributed by atoms with Gasteiger partial charge in [0.05, 0.1) is 6.61 Å². The minimum absolute atomic E-state index is 0.00568. The van der Waals surface area contributed by atoms with Crippen LogP contribution in [0.15, 0.2) is 0 Å². The number of rotatable bonds is 41. The van der Waals surface area contributed by atoms with Crippen LogP contribution in [0, 0.1) is 5.92 Å². The molecule has 0 saturated heterocycles. The summed E-state index contributed by atoms with van der Waals surface area (Å²) in [5.41, 5.74) is 0. The van der Waals surface area contributed by atoms with E-state index >= 15 is 0 Å². The van der Waals surface area contributed by atoms with Crippen LogP contribution in [0.4, 0.5) is 0 Å². The Morgan fingerprint density at radius 3 is 1.33 bits per heavy atom. The van der Waals surface area contributed by atoms with Gasteiger partial charge in [-0.3, -0.25) is 4.79 Å². The predicted molar refractivity (Wildman–Crippen MR) is 212 cm³/mol. The van der Waals surface area contributed by atoms with E-state index in [1.165, 1.54) is 199 Å². The Hall–Kier alpha value is -0.610. The van der Waals surface area contributed by atoms with E-state index in [9.17, 15) is 9.90 Å². The second kappa shape index (κ2) is 40.8. The summed E-state index contributed by atoms with van der Waals surface area (Å²) in [4.78, 5) is 14.6. The summed E-state index contributed by atoms with van der Waals surface area (Å²) in [7, 11) is 0. The number of esters is 1. The number of ether oxygens (including phenoxy) is 1. The SMILES string of the molecule is CCCCCCCCCCC(CCCCCCCC)CCCN(CCCO)CCCCCCCCCCC(=O)OCCCCCCCC. The average molecular weight is 680 g/mol. The van der Waals surface area contributed by atoms with Crippen LogP contribution in [0.5, 0.6) is 0 Å². The highest BCUT2D eigenvalue weighted by Gasteiger charge is 2.11. The normalized spacial score (nSPS) is 12.3. The van der Waals surface area contributed by atoms with E-state index in [0.29, 0.717) is 19.6 Å². The minimum Gasteiger partial charge on any atom is -0.466 e. The van der Waals surface area contributed by atoms with Crippen molar-refractivity contribution in [1.82, 2.24) is 4.90 Å². The van der Waals surface area contributed by atoms with E-state index in [1.807, 2.05) is 0 Å². The number of carbonyl (C=O) groups excluding carboxylic acids is 1. The molecule has 0 saturated carbocycles. The summed E-state index contributed by atoms with van der Waals surface area (Å²) in [5, 5.41) is 9.49. The van der Waals surface area contributed by atoms with Crippen LogP contribution < -0.4 is 0 Å². The molecule has 1 unspecified atom stereocenters. The van der Waals surface area contributed by atoms with E-state index in [1.54, 1.807) is 0 Å². The smallest absolute Gasteiger partial charge is 0.305 e. The molecule has 0 aromatic carbocycles. The molecule has 0 aliphatic heterocycles. The molecular formula is C44H89NO3. The molecule has 0 heterocycles. The highest BCUT2D eigenvalue weighted by molar-refractivity contribution is 5.69. The van der Waals surface area contributed by atoms with Gasteiger partial charge in [-0.15, -0.1) is 0 Å². The zero-order chi connectivity index (χ0) is 35.0. The van der Waals surface area contributed by atoms with Crippen molar-refractivity contribution in [2.75, 3.05) is 32.8 Å². The zero-order valence-corrected chi connectivity index (χ0v) is 33.4. The topological polar surface area (TPSA) is 49.8 Å². The third-order valence-electron chi connectivity index (χ3n) is 10.5. The van der Waals surface area contributed by atoms with Crippen LogP contribution >= 0.6 is 0 Å². The van der Waals surface area contributed by atoms with Crippen molar-refractivity contribution in [3.8, 4) is 0 Å². The molecule has 0 aliphatic carbocycles. The van der Waals surface area contributed by atoms with Crippen molar-refractivity contribution in [2.24, 2.45) is 5.92 Å².